The SMILES string of the molecule is CCCCCCCCCCCC1=NC(CCO)C(C)(C)N1. The first kappa shape index (κ1) is 18.5. The van der Waals surface area contributed by atoms with Gasteiger partial charge in [0, 0.05) is 13.0 Å². The van der Waals surface area contributed by atoms with Gasteiger partial charge in [0.25, 0.3) is 0 Å². The topological polar surface area (TPSA) is 44.6 Å². The predicted octanol–water partition coefficient (Wildman–Crippen LogP) is 4.44. The Bertz CT molecular complexity index is 300. The third kappa shape index (κ3) is 7.30. The summed E-state index contributed by atoms with van der Waals surface area (Å²) in [5, 5.41) is 12.6. The maximum atomic E-state index is 9.10. The van der Waals surface area contributed by atoms with Crippen molar-refractivity contribution in [1.29, 1.82) is 0 Å². The first-order valence-corrected chi connectivity index (χ1v) is 9.06. The van der Waals surface area contributed by atoms with Gasteiger partial charge >= 0.3 is 0 Å². The van der Waals surface area contributed by atoms with Crippen LogP contribution in [0.15, 0.2) is 4.99 Å². The molecule has 3 nitrogen and oxygen atoms in total. The first-order chi connectivity index (χ1) is 10.1. The normalized spacial score (nSPS) is 20.4. The molecule has 2 N–H and O–H groups in total. The van der Waals surface area contributed by atoms with E-state index >= 15 is 0 Å². The lowest BCUT2D eigenvalue weighted by Gasteiger charge is -2.25. The second-order valence-corrected chi connectivity index (χ2v) is 7.03. The molecule has 0 spiro atoms. The molecule has 124 valence electrons. The summed E-state index contributed by atoms with van der Waals surface area (Å²) in [6, 6.07) is 0.232. The van der Waals surface area contributed by atoms with Gasteiger partial charge in [0.2, 0.25) is 0 Å². The van der Waals surface area contributed by atoms with Crippen LogP contribution in [0.1, 0.15) is 91.4 Å². The lowest BCUT2D eigenvalue weighted by molar-refractivity contribution is 0.252. The van der Waals surface area contributed by atoms with E-state index in [0.717, 1.165) is 18.7 Å². The largest absolute Gasteiger partial charge is 0.396 e. The van der Waals surface area contributed by atoms with Crippen LogP contribution >= 0.6 is 0 Å². The number of aliphatic hydroxyl groups excluding tert-OH is 1. The molecule has 0 saturated carbocycles. The number of aliphatic hydroxyl groups is 1. The second kappa shape index (κ2) is 10.2. The van der Waals surface area contributed by atoms with Crippen LogP contribution in [0.4, 0.5) is 0 Å². The molecule has 0 aromatic carbocycles. The highest BCUT2D eigenvalue weighted by molar-refractivity contribution is 5.85. The van der Waals surface area contributed by atoms with E-state index in [9.17, 15) is 0 Å². The zero-order valence-corrected chi connectivity index (χ0v) is 14.5. The summed E-state index contributed by atoms with van der Waals surface area (Å²) in [5.74, 6) is 1.15. The van der Waals surface area contributed by atoms with E-state index < -0.39 is 0 Å². The fourth-order valence-corrected chi connectivity index (χ4v) is 3.11. The minimum atomic E-state index is 0.0113. The van der Waals surface area contributed by atoms with Gasteiger partial charge in [-0.05, 0) is 26.7 Å². The van der Waals surface area contributed by atoms with Crippen molar-refractivity contribution < 1.29 is 5.11 Å². The molecule has 1 heterocycles. The molecule has 1 aliphatic rings. The minimum absolute atomic E-state index is 0.0113. The van der Waals surface area contributed by atoms with Crippen LogP contribution in [0.5, 0.6) is 0 Å². The Hall–Kier alpha value is -0.570. The molecule has 0 aromatic rings. The third-order valence-electron chi connectivity index (χ3n) is 4.53. The Kier molecular flexibility index (Phi) is 8.98. The molecular weight excluding hydrogens is 260 g/mol. The fraction of sp³-hybridized carbons (Fsp3) is 0.944. The van der Waals surface area contributed by atoms with Crippen LogP contribution < -0.4 is 5.32 Å². The van der Waals surface area contributed by atoms with Crippen molar-refractivity contribution in [2.75, 3.05) is 6.61 Å². The van der Waals surface area contributed by atoms with Crippen LogP contribution in [0.2, 0.25) is 0 Å². The molecule has 0 aromatic heterocycles. The van der Waals surface area contributed by atoms with Crippen molar-refractivity contribution >= 4 is 5.84 Å². The average molecular weight is 296 g/mol. The molecule has 1 unspecified atom stereocenters. The van der Waals surface area contributed by atoms with Crippen molar-refractivity contribution in [3.63, 3.8) is 0 Å². The minimum Gasteiger partial charge on any atom is -0.396 e. The zero-order chi connectivity index (χ0) is 15.6. The smallest absolute Gasteiger partial charge is 0.0972 e. The van der Waals surface area contributed by atoms with E-state index in [0.29, 0.717) is 0 Å². The quantitative estimate of drug-likeness (QED) is 0.523. The second-order valence-electron chi connectivity index (χ2n) is 7.03. The van der Waals surface area contributed by atoms with Crippen LogP contribution in [0.3, 0.4) is 0 Å². The predicted molar refractivity (Wildman–Crippen MR) is 92.0 cm³/mol. The average Bonchev–Trinajstić information content (AvgIpc) is 2.72. The molecular formula is C18H36N2O. The van der Waals surface area contributed by atoms with Gasteiger partial charge < -0.3 is 10.4 Å². The molecule has 0 saturated heterocycles. The maximum Gasteiger partial charge on any atom is 0.0972 e. The van der Waals surface area contributed by atoms with Crippen molar-refractivity contribution in [3.05, 3.63) is 0 Å². The number of hydrogen-bond donors (Lipinski definition) is 2. The molecule has 0 radical (unpaired) electrons. The Morgan fingerprint density at radius 1 is 1.00 bits per heavy atom. The van der Waals surface area contributed by atoms with Crippen LogP contribution in [0, 0.1) is 0 Å². The molecule has 0 bridgehead atoms. The molecule has 1 aliphatic heterocycles. The molecule has 1 atom stereocenters. The number of nitrogens with one attached hydrogen (secondary N) is 1. The first-order valence-electron chi connectivity index (χ1n) is 9.06. The monoisotopic (exact) mass is 296 g/mol. The van der Waals surface area contributed by atoms with Crippen molar-refractivity contribution in [2.45, 2.75) is 103 Å². The van der Waals surface area contributed by atoms with Crippen molar-refractivity contribution in [3.8, 4) is 0 Å². The number of amidine groups is 1. The van der Waals surface area contributed by atoms with Crippen molar-refractivity contribution in [1.82, 2.24) is 5.32 Å². The Balaban J connectivity index is 2.04. The summed E-state index contributed by atoms with van der Waals surface area (Å²) >= 11 is 0. The standard InChI is InChI=1S/C18H36N2O/c1-4-5-6-7-8-9-10-11-12-13-17-19-16(14-15-21)18(2,3)20-17/h16,21H,4-15H2,1-3H3,(H,19,20). The highest BCUT2D eigenvalue weighted by atomic mass is 16.3. The van der Waals surface area contributed by atoms with Crippen LogP contribution in [0.25, 0.3) is 0 Å². The van der Waals surface area contributed by atoms with E-state index in [4.69, 9.17) is 10.1 Å². The van der Waals surface area contributed by atoms with Gasteiger partial charge in [-0.15, -0.1) is 0 Å². The van der Waals surface area contributed by atoms with Crippen molar-refractivity contribution in [2.24, 2.45) is 4.99 Å². The summed E-state index contributed by atoms with van der Waals surface area (Å²) in [5.41, 5.74) is 0.0113. The van der Waals surface area contributed by atoms with Gasteiger partial charge in [-0.3, -0.25) is 4.99 Å². The van der Waals surface area contributed by atoms with Gasteiger partial charge in [0.15, 0.2) is 0 Å². The molecule has 3 heteroatoms. The summed E-state index contributed by atoms with van der Waals surface area (Å²) < 4.78 is 0. The number of nitrogens with zero attached hydrogens (tertiary/aromatic N) is 1. The van der Waals surface area contributed by atoms with E-state index in [2.05, 4.69) is 26.1 Å². The van der Waals surface area contributed by atoms with E-state index in [-0.39, 0.29) is 18.2 Å². The number of aliphatic imine (C=N–C) groups is 1. The lowest BCUT2D eigenvalue weighted by Crippen LogP contribution is -2.45. The number of hydrogen-bond acceptors (Lipinski definition) is 3. The van der Waals surface area contributed by atoms with Crippen LogP contribution in [-0.2, 0) is 0 Å². The van der Waals surface area contributed by atoms with E-state index in [1.54, 1.807) is 0 Å². The lowest BCUT2D eigenvalue weighted by atomic mass is 9.94. The van der Waals surface area contributed by atoms with E-state index in [1.807, 2.05) is 0 Å². The Morgan fingerprint density at radius 2 is 1.57 bits per heavy atom. The highest BCUT2D eigenvalue weighted by Gasteiger charge is 2.34. The summed E-state index contributed by atoms with van der Waals surface area (Å²) in [4.78, 5) is 4.74. The van der Waals surface area contributed by atoms with Gasteiger partial charge in [-0.1, -0.05) is 58.3 Å². The fourth-order valence-electron chi connectivity index (χ4n) is 3.11. The number of rotatable bonds is 12. The molecule has 21 heavy (non-hydrogen) atoms. The van der Waals surface area contributed by atoms with Crippen LogP contribution in [-0.4, -0.2) is 29.1 Å². The van der Waals surface area contributed by atoms with E-state index in [1.165, 1.54) is 57.8 Å². The highest BCUT2D eigenvalue weighted by Crippen LogP contribution is 2.23. The molecule has 0 aliphatic carbocycles. The van der Waals surface area contributed by atoms with Gasteiger partial charge in [0.1, 0.15) is 0 Å². The Morgan fingerprint density at radius 3 is 2.14 bits per heavy atom. The summed E-state index contributed by atoms with van der Waals surface area (Å²) in [7, 11) is 0. The number of unbranched alkanes of at least 4 members (excludes halogenated alkanes) is 8. The van der Waals surface area contributed by atoms with Gasteiger partial charge in [-0.2, -0.15) is 0 Å². The van der Waals surface area contributed by atoms with Gasteiger partial charge in [0.05, 0.1) is 17.4 Å². The summed E-state index contributed by atoms with van der Waals surface area (Å²) in [6.45, 7) is 6.86. The zero-order valence-electron chi connectivity index (χ0n) is 14.5. The summed E-state index contributed by atoms with van der Waals surface area (Å²) in [6.07, 6.45) is 14.1. The molecule has 0 fully saturated rings. The molecule has 0 amide bonds. The molecule has 1 rings (SSSR count). The maximum absolute atomic E-state index is 9.10. The third-order valence-corrected chi connectivity index (χ3v) is 4.53. The van der Waals surface area contributed by atoms with Gasteiger partial charge in [-0.25, -0.2) is 0 Å². The Labute approximate surface area is 131 Å².